The van der Waals surface area contributed by atoms with Gasteiger partial charge in [-0.3, -0.25) is 5.73 Å². The van der Waals surface area contributed by atoms with Crippen LogP contribution in [0.15, 0.2) is 0 Å². The van der Waals surface area contributed by atoms with Crippen molar-refractivity contribution in [2.75, 3.05) is 0 Å². The lowest BCUT2D eigenvalue weighted by atomic mass is 9.75. The molecule has 1 atom stereocenters. The molecule has 1 aliphatic carbocycles. The predicted octanol–water partition coefficient (Wildman–Crippen LogP) is 2.39. The molecule has 1 unspecified atom stereocenters. The molecule has 2 N–H and O–H groups in total. The van der Waals surface area contributed by atoms with Crippen LogP contribution in [-0.4, -0.2) is 17.9 Å². The molecule has 0 bridgehead atoms. The first-order valence-electron chi connectivity index (χ1n) is 5.95. The van der Waals surface area contributed by atoms with Crippen molar-refractivity contribution in [2.24, 2.45) is 17.6 Å². The molecule has 0 aromatic rings. The molecule has 4 heteroatoms. The zero-order valence-corrected chi connectivity index (χ0v) is 10.3. The Morgan fingerprint density at radius 2 is 1.88 bits per heavy atom. The number of nitrogens with two attached hydrogens (primary N) is 1. The molecular weight excluding hydrogens is 209 g/mol. The number of rotatable bonds is 3. The van der Waals surface area contributed by atoms with Gasteiger partial charge in [-0.05, 0) is 38.5 Å². The Morgan fingerprint density at radius 1 is 1.38 bits per heavy atom. The van der Waals surface area contributed by atoms with E-state index in [1.165, 1.54) is 0 Å². The third-order valence-corrected chi connectivity index (χ3v) is 3.59. The first kappa shape index (κ1) is 13.4. The second kappa shape index (κ2) is 5.13. The minimum absolute atomic E-state index is 0.311. The highest BCUT2D eigenvalue weighted by Crippen LogP contribution is 2.37. The summed E-state index contributed by atoms with van der Waals surface area (Å²) in [6, 6.07) is 0. The number of ether oxygens (including phenoxy) is 1. The molecule has 0 amide bonds. The summed E-state index contributed by atoms with van der Waals surface area (Å²) in [5.74, 6) is 0.0983. The third kappa shape index (κ3) is 3.44. The zero-order chi connectivity index (χ0) is 12.3. The van der Waals surface area contributed by atoms with Crippen LogP contribution in [0, 0.1) is 11.8 Å². The summed E-state index contributed by atoms with van der Waals surface area (Å²) < 4.78 is 17.7. The summed E-state index contributed by atoms with van der Waals surface area (Å²) in [4.78, 5) is 11.1. The smallest absolute Gasteiger partial charge is 0.356 e. The molecule has 1 rings (SSSR count). The fraction of sp³-hybridized carbons (Fsp3) is 0.917. The summed E-state index contributed by atoms with van der Waals surface area (Å²) in [6.07, 6.45) is 2.33. The standard InChI is InChI=1S/C12H22FNO2/c1-8-4-6-9(7-5-8)12(2,3)16-11(15)10(13)14/h8-10H,4-7,14H2,1-3H3. The Morgan fingerprint density at radius 3 is 2.31 bits per heavy atom. The summed E-state index contributed by atoms with van der Waals surface area (Å²) in [6.45, 7) is 5.91. The number of hydrogen-bond donors (Lipinski definition) is 1. The minimum Gasteiger partial charge on any atom is -0.456 e. The lowest BCUT2D eigenvalue weighted by Crippen LogP contribution is -2.42. The first-order chi connectivity index (χ1) is 7.33. The van der Waals surface area contributed by atoms with Crippen molar-refractivity contribution in [3.05, 3.63) is 0 Å². The van der Waals surface area contributed by atoms with Crippen LogP contribution < -0.4 is 5.73 Å². The van der Waals surface area contributed by atoms with Crippen LogP contribution in [0.5, 0.6) is 0 Å². The van der Waals surface area contributed by atoms with Crippen LogP contribution in [0.3, 0.4) is 0 Å². The SMILES string of the molecule is CC1CCC(C(C)(C)OC(=O)C(N)F)CC1. The van der Waals surface area contributed by atoms with E-state index in [4.69, 9.17) is 10.5 Å². The lowest BCUT2D eigenvalue weighted by molar-refractivity contribution is -0.169. The van der Waals surface area contributed by atoms with Crippen LogP contribution >= 0.6 is 0 Å². The van der Waals surface area contributed by atoms with Gasteiger partial charge in [0, 0.05) is 0 Å². The van der Waals surface area contributed by atoms with E-state index in [2.05, 4.69) is 6.92 Å². The molecular formula is C12H22FNO2. The number of hydrogen-bond acceptors (Lipinski definition) is 3. The van der Waals surface area contributed by atoms with Gasteiger partial charge >= 0.3 is 5.97 Å². The number of carbonyl (C=O) groups excluding carboxylic acids is 1. The largest absolute Gasteiger partial charge is 0.456 e. The van der Waals surface area contributed by atoms with E-state index in [0.717, 1.165) is 31.6 Å². The van der Waals surface area contributed by atoms with Crippen molar-refractivity contribution in [2.45, 2.75) is 58.4 Å². The molecule has 1 fully saturated rings. The number of carbonyl (C=O) groups is 1. The summed E-state index contributed by atoms with van der Waals surface area (Å²) in [7, 11) is 0. The van der Waals surface area contributed by atoms with Gasteiger partial charge < -0.3 is 4.74 Å². The average molecular weight is 231 g/mol. The van der Waals surface area contributed by atoms with Gasteiger partial charge in [-0.15, -0.1) is 0 Å². The molecule has 0 heterocycles. The minimum atomic E-state index is -2.03. The molecule has 1 aliphatic rings. The fourth-order valence-corrected chi connectivity index (χ4v) is 2.35. The highest BCUT2D eigenvalue weighted by atomic mass is 19.1. The Kier molecular flexibility index (Phi) is 4.30. The molecule has 3 nitrogen and oxygen atoms in total. The van der Waals surface area contributed by atoms with Crippen molar-refractivity contribution in [3.63, 3.8) is 0 Å². The van der Waals surface area contributed by atoms with Gasteiger partial charge in [0.15, 0.2) is 0 Å². The molecule has 16 heavy (non-hydrogen) atoms. The Bertz CT molecular complexity index is 245. The zero-order valence-electron chi connectivity index (χ0n) is 10.3. The lowest BCUT2D eigenvalue weighted by Gasteiger charge is -2.38. The van der Waals surface area contributed by atoms with E-state index in [1.807, 2.05) is 13.8 Å². The van der Waals surface area contributed by atoms with Crippen molar-refractivity contribution in [1.29, 1.82) is 0 Å². The monoisotopic (exact) mass is 231 g/mol. The molecule has 0 saturated heterocycles. The first-order valence-corrected chi connectivity index (χ1v) is 5.95. The van der Waals surface area contributed by atoms with E-state index in [-0.39, 0.29) is 0 Å². The van der Waals surface area contributed by atoms with Gasteiger partial charge in [-0.1, -0.05) is 19.8 Å². The van der Waals surface area contributed by atoms with E-state index in [1.54, 1.807) is 0 Å². The summed E-state index contributed by atoms with van der Waals surface area (Å²) in [5, 5.41) is 0. The molecule has 1 saturated carbocycles. The fourth-order valence-electron chi connectivity index (χ4n) is 2.35. The van der Waals surface area contributed by atoms with Gasteiger partial charge in [0.1, 0.15) is 5.60 Å². The molecule has 0 radical (unpaired) electrons. The van der Waals surface area contributed by atoms with Crippen molar-refractivity contribution in [3.8, 4) is 0 Å². The maximum absolute atomic E-state index is 12.6. The predicted molar refractivity (Wildman–Crippen MR) is 60.4 cm³/mol. The van der Waals surface area contributed by atoms with Gasteiger partial charge in [0.05, 0.1) is 0 Å². The summed E-state index contributed by atoms with van der Waals surface area (Å²) in [5.41, 5.74) is 4.24. The Labute approximate surface area is 96.5 Å². The average Bonchev–Trinajstić information content (AvgIpc) is 2.17. The third-order valence-electron chi connectivity index (χ3n) is 3.59. The molecule has 0 aromatic heterocycles. The van der Waals surface area contributed by atoms with E-state index in [0.29, 0.717) is 5.92 Å². The molecule has 0 aliphatic heterocycles. The number of alkyl halides is 1. The van der Waals surface area contributed by atoms with E-state index >= 15 is 0 Å². The van der Waals surface area contributed by atoms with Gasteiger partial charge in [0.25, 0.3) is 0 Å². The molecule has 94 valence electrons. The van der Waals surface area contributed by atoms with Crippen molar-refractivity contribution < 1.29 is 13.9 Å². The number of halogens is 1. The topological polar surface area (TPSA) is 52.3 Å². The summed E-state index contributed by atoms with van der Waals surface area (Å²) >= 11 is 0. The molecule has 0 spiro atoms. The van der Waals surface area contributed by atoms with Crippen LogP contribution in [0.25, 0.3) is 0 Å². The number of esters is 1. The molecule has 0 aromatic carbocycles. The Balaban J connectivity index is 2.53. The van der Waals surface area contributed by atoms with Crippen LogP contribution in [0.1, 0.15) is 46.5 Å². The van der Waals surface area contributed by atoms with E-state index < -0.39 is 17.9 Å². The second-order valence-electron chi connectivity index (χ2n) is 5.38. The Hall–Kier alpha value is -0.640. The van der Waals surface area contributed by atoms with Gasteiger partial charge in [-0.25, -0.2) is 9.18 Å². The van der Waals surface area contributed by atoms with Crippen LogP contribution in [-0.2, 0) is 9.53 Å². The van der Waals surface area contributed by atoms with Crippen molar-refractivity contribution in [1.82, 2.24) is 0 Å². The second-order valence-corrected chi connectivity index (χ2v) is 5.38. The quantitative estimate of drug-likeness (QED) is 0.599. The van der Waals surface area contributed by atoms with Crippen molar-refractivity contribution >= 4 is 5.97 Å². The van der Waals surface area contributed by atoms with Crippen LogP contribution in [0.2, 0.25) is 0 Å². The highest BCUT2D eigenvalue weighted by molar-refractivity contribution is 5.74. The normalized spacial score (nSPS) is 28.6. The van der Waals surface area contributed by atoms with Gasteiger partial charge in [0.2, 0.25) is 6.30 Å². The van der Waals surface area contributed by atoms with Crippen LogP contribution in [0.4, 0.5) is 4.39 Å². The highest BCUT2D eigenvalue weighted by Gasteiger charge is 2.36. The van der Waals surface area contributed by atoms with E-state index in [9.17, 15) is 9.18 Å². The maximum Gasteiger partial charge on any atom is 0.356 e. The van der Waals surface area contributed by atoms with Gasteiger partial charge in [-0.2, -0.15) is 0 Å². The maximum atomic E-state index is 12.6.